The molecule has 3 aromatic rings. The first-order valence-corrected chi connectivity index (χ1v) is 7.54. The Labute approximate surface area is 174 Å². The second-order valence-electron chi connectivity index (χ2n) is 5.37. The number of aromatic nitrogens is 1. The fraction of sp³-hybridized carbons (Fsp3) is 0.118. The van der Waals surface area contributed by atoms with Crippen LogP contribution in [0.25, 0.3) is 22.0 Å². The van der Waals surface area contributed by atoms with E-state index in [9.17, 15) is 23.1 Å². The number of phenols is 1. The molecule has 0 aliphatic carbocycles. The predicted molar refractivity (Wildman–Crippen MR) is 92.3 cm³/mol. The van der Waals surface area contributed by atoms with Crippen molar-refractivity contribution >= 4 is 28.2 Å². The van der Waals surface area contributed by atoms with Crippen molar-refractivity contribution in [1.82, 2.24) is 4.98 Å². The third-order valence-electron chi connectivity index (χ3n) is 3.82. The van der Waals surface area contributed by atoms with Crippen LogP contribution in [0.2, 0.25) is 5.02 Å². The number of phenolic OH excluding ortho intramolecular Hbond substituents is 1. The fourth-order valence-electron chi connectivity index (χ4n) is 2.70. The predicted octanol–water partition coefficient (Wildman–Crippen LogP) is 1.73. The van der Waals surface area contributed by atoms with Gasteiger partial charge in [0.25, 0.3) is 5.56 Å². The minimum Gasteiger partial charge on any atom is -1.00 e. The number of alkyl halides is 3. The van der Waals surface area contributed by atoms with Crippen LogP contribution in [-0.2, 0) is 6.18 Å². The minimum absolute atomic E-state index is 0. The van der Waals surface area contributed by atoms with E-state index in [2.05, 4.69) is 10.3 Å². The minimum atomic E-state index is -4.54. The van der Waals surface area contributed by atoms with Crippen LogP contribution in [0.4, 0.5) is 18.9 Å². The van der Waals surface area contributed by atoms with Gasteiger partial charge >= 0.3 is 35.7 Å². The van der Waals surface area contributed by atoms with Gasteiger partial charge < -0.3 is 16.8 Å². The summed E-state index contributed by atoms with van der Waals surface area (Å²) in [5.74, 6) is -0.204. The molecule has 132 valence electrons. The summed E-state index contributed by atoms with van der Waals surface area (Å²) in [4.78, 5) is 14.8. The number of hydrogen-bond donors (Lipinski definition) is 3. The van der Waals surface area contributed by atoms with Crippen molar-refractivity contribution in [1.29, 1.82) is 0 Å². The summed E-state index contributed by atoms with van der Waals surface area (Å²) in [6.07, 6.45) is -4.54. The van der Waals surface area contributed by atoms with Crippen LogP contribution < -0.4 is 40.4 Å². The molecule has 3 rings (SSSR count). The number of pyridine rings is 1. The zero-order valence-corrected chi connectivity index (χ0v) is 16.6. The van der Waals surface area contributed by atoms with Crippen molar-refractivity contribution in [3.63, 3.8) is 0 Å². The Morgan fingerprint density at radius 1 is 1.19 bits per heavy atom. The van der Waals surface area contributed by atoms with Crippen LogP contribution in [0.1, 0.15) is 6.99 Å². The number of halogens is 4. The molecule has 0 saturated carbocycles. The third-order valence-corrected chi connectivity index (χ3v) is 4.05. The van der Waals surface area contributed by atoms with Crippen LogP contribution in [-0.4, -0.2) is 17.1 Å². The molecule has 0 fully saturated rings. The average molecular weight is 393 g/mol. The number of fused-ring (bicyclic) bond motifs is 1. The second kappa shape index (κ2) is 7.52. The van der Waals surface area contributed by atoms with Crippen molar-refractivity contribution in [3.8, 4) is 16.9 Å². The van der Waals surface area contributed by atoms with E-state index in [1.54, 1.807) is 0 Å². The monoisotopic (exact) mass is 392 g/mol. The molecule has 0 aliphatic heterocycles. The van der Waals surface area contributed by atoms with Crippen LogP contribution in [0.15, 0.2) is 41.2 Å². The first kappa shape index (κ1) is 20.6. The fourth-order valence-corrected chi connectivity index (χ4v) is 2.87. The van der Waals surface area contributed by atoms with Gasteiger partial charge in [-0.05, 0) is 36.4 Å². The Kier molecular flexibility index (Phi) is 5.97. The molecule has 1 heterocycles. The van der Waals surface area contributed by atoms with Gasteiger partial charge in [-0.25, -0.2) is 0 Å². The van der Waals surface area contributed by atoms with E-state index in [1.807, 2.05) is 0 Å². The van der Waals surface area contributed by atoms with Crippen molar-refractivity contribution in [3.05, 3.63) is 57.3 Å². The van der Waals surface area contributed by atoms with E-state index in [4.69, 9.17) is 11.6 Å². The van der Waals surface area contributed by atoms with E-state index in [0.29, 0.717) is 0 Å². The molecule has 0 bridgehead atoms. The largest absolute Gasteiger partial charge is 1.00 e. The maximum Gasteiger partial charge on any atom is 1.00 e. The van der Waals surface area contributed by atoms with Gasteiger partial charge in [0.15, 0.2) is 0 Å². The van der Waals surface area contributed by atoms with E-state index >= 15 is 0 Å². The summed E-state index contributed by atoms with van der Waals surface area (Å²) in [7, 11) is 1.47. The van der Waals surface area contributed by atoms with Gasteiger partial charge in [-0.2, -0.15) is 13.2 Å². The molecule has 0 saturated heterocycles. The zero-order chi connectivity index (χ0) is 18.4. The van der Waals surface area contributed by atoms with E-state index < -0.39 is 17.3 Å². The summed E-state index contributed by atoms with van der Waals surface area (Å²) < 4.78 is 39.3. The molecule has 4 nitrogen and oxygen atoms in total. The summed E-state index contributed by atoms with van der Waals surface area (Å²) >= 11 is 5.96. The smallest absolute Gasteiger partial charge is 1.00 e. The molecule has 2 aromatic carbocycles. The normalized spacial score (nSPS) is 11.3. The molecule has 0 aliphatic rings. The van der Waals surface area contributed by atoms with E-state index in [-0.39, 0.29) is 69.5 Å². The van der Waals surface area contributed by atoms with Crippen LogP contribution in [0.3, 0.4) is 0 Å². The van der Waals surface area contributed by atoms with Gasteiger partial charge in [0.2, 0.25) is 0 Å². The quantitative estimate of drug-likeness (QED) is 0.582. The standard InChI is InChI=1S/C17H12ClF3N2O2.Na.H/c1-22-15-14(11-7-9(18)3-5-13(11)24)10-6-8(17(19,20)21)2-4-12(10)23-16(15)25;;/h2-7,22,24H,1H3,(H,23,25);;/q;+1;-1. The van der Waals surface area contributed by atoms with Crippen LogP contribution >= 0.6 is 11.6 Å². The van der Waals surface area contributed by atoms with E-state index in [0.717, 1.165) is 12.1 Å². The van der Waals surface area contributed by atoms with Crippen molar-refractivity contribution in [2.24, 2.45) is 0 Å². The van der Waals surface area contributed by atoms with Gasteiger partial charge in [-0.1, -0.05) is 11.6 Å². The molecule has 1 aromatic heterocycles. The van der Waals surface area contributed by atoms with Gasteiger partial charge in [0.1, 0.15) is 11.4 Å². The number of rotatable bonds is 2. The first-order valence-electron chi connectivity index (χ1n) is 7.16. The summed E-state index contributed by atoms with van der Waals surface area (Å²) in [5, 5.41) is 13.3. The Morgan fingerprint density at radius 2 is 1.88 bits per heavy atom. The molecule has 0 spiro atoms. The topological polar surface area (TPSA) is 65.1 Å². The number of anilines is 1. The second-order valence-corrected chi connectivity index (χ2v) is 5.81. The maximum absolute atomic E-state index is 13.1. The first-order chi connectivity index (χ1) is 11.7. The zero-order valence-electron chi connectivity index (χ0n) is 14.8. The van der Waals surface area contributed by atoms with Gasteiger partial charge in [0.05, 0.1) is 5.56 Å². The number of aromatic amines is 1. The summed E-state index contributed by atoms with van der Waals surface area (Å²) in [5.41, 5.74) is -0.837. The number of H-pyrrole nitrogens is 1. The van der Waals surface area contributed by atoms with Gasteiger partial charge in [-0.15, -0.1) is 0 Å². The van der Waals surface area contributed by atoms with Gasteiger partial charge in [0, 0.05) is 34.1 Å². The SMILES string of the molecule is CNc1c(-c2cc(Cl)ccc2O)c2cc(C(F)(F)F)ccc2[nH]c1=O.[H-].[Na+]. The number of benzene rings is 2. The van der Waals surface area contributed by atoms with Crippen LogP contribution in [0, 0.1) is 0 Å². The number of nitrogens with one attached hydrogen (secondary N) is 2. The Bertz CT molecular complexity index is 1040. The third kappa shape index (κ3) is 3.71. The van der Waals surface area contributed by atoms with Gasteiger partial charge in [-0.3, -0.25) is 4.79 Å². The molecule has 0 radical (unpaired) electrons. The number of hydrogen-bond acceptors (Lipinski definition) is 3. The molecule has 0 atom stereocenters. The molecule has 0 amide bonds. The average Bonchev–Trinajstić information content (AvgIpc) is 2.54. The molecular weight excluding hydrogens is 380 g/mol. The van der Waals surface area contributed by atoms with Crippen molar-refractivity contribution < 1.29 is 49.3 Å². The molecule has 9 heteroatoms. The Morgan fingerprint density at radius 3 is 2.50 bits per heavy atom. The van der Waals surface area contributed by atoms with Crippen molar-refractivity contribution in [2.75, 3.05) is 12.4 Å². The molecule has 3 N–H and O–H groups in total. The van der Waals surface area contributed by atoms with Crippen LogP contribution in [0.5, 0.6) is 5.75 Å². The maximum atomic E-state index is 13.1. The summed E-state index contributed by atoms with van der Waals surface area (Å²) in [6, 6.07) is 7.16. The van der Waals surface area contributed by atoms with Crippen molar-refractivity contribution in [2.45, 2.75) is 6.18 Å². The molecule has 0 unspecified atom stereocenters. The Balaban J connectivity index is 0.00000182. The Hall–Kier alpha value is -1.67. The molecule has 26 heavy (non-hydrogen) atoms. The van der Waals surface area contributed by atoms with E-state index in [1.165, 1.54) is 31.3 Å². The summed E-state index contributed by atoms with van der Waals surface area (Å²) in [6.45, 7) is 0. The number of aromatic hydroxyl groups is 1. The molecular formula is C17H13ClF3N2NaO2.